The molecule has 0 amide bonds. The topological polar surface area (TPSA) is 61.8 Å². The van der Waals surface area contributed by atoms with E-state index in [1.807, 2.05) is 60.7 Å². The Labute approximate surface area is 131 Å². The second-order valence-electron chi connectivity index (χ2n) is 4.49. The van der Waals surface area contributed by atoms with Crippen molar-refractivity contribution in [1.82, 2.24) is 0 Å². The summed E-state index contributed by atoms with van der Waals surface area (Å²) in [6.45, 7) is 0.274. The molecule has 2 aromatic carbocycles. The molecule has 7 heteroatoms. The van der Waals surface area contributed by atoms with Gasteiger partial charge >= 0.3 is 16.3 Å². The Hall–Kier alpha value is -1.35. The summed E-state index contributed by atoms with van der Waals surface area (Å²) in [7, 11) is -4.49. The molecule has 1 atom stereocenters. The first-order valence-electron chi connectivity index (χ1n) is 6.67. The number of hydrogen-bond acceptors (Lipinski definition) is 5. The average molecular weight is 339 g/mol. The molecule has 0 aromatic heterocycles. The molecular weight excluding hydrogens is 322 g/mol. The van der Waals surface area contributed by atoms with Crippen LogP contribution in [-0.4, -0.2) is 6.35 Å². The Balaban J connectivity index is 1.96. The lowest BCUT2D eigenvalue weighted by atomic mass is 10.2. The maximum atomic E-state index is 12.6. The number of hydrogen-bond donors (Lipinski definition) is 0. The van der Waals surface area contributed by atoms with Crippen LogP contribution in [0.5, 0.6) is 0 Å². The summed E-state index contributed by atoms with van der Waals surface area (Å²) in [5.41, 5.74) is 1.74. The van der Waals surface area contributed by atoms with Gasteiger partial charge in [0.15, 0.2) is 0 Å². The molecular formula is C15H17O5P2+. The zero-order valence-electron chi connectivity index (χ0n) is 11.9. The predicted octanol–water partition coefficient (Wildman–Crippen LogP) is 4.53. The van der Waals surface area contributed by atoms with E-state index in [1.54, 1.807) is 0 Å². The fourth-order valence-electron chi connectivity index (χ4n) is 1.71. The van der Waals surface area contributed by atoms with Gasteiger partial charge in [0, 0.05) is 0 Å². The summed E-state index contributed by atoms with van der Waals surface area (Å²) in [6.07, 6.45) is -0.339. The van der Waals surface area contributed by atoms with Crippen molar-refractivity contribution in [3.05, 3.63) is 71.8 Å². The highest BCUT2D eigenvalue weighted by atomic mass is 31.2. The molecule has 0 aliphatic heterocycles. The number of benzene rings is 2. The zero-order valence-corrected chi connectivity index (χ0v) is 13.8. The van der Waals surface area contributed by atoms with E-state index in [1.165, 1.54) is 0 Å². The molecule has 22 heavy (non-hydrogen) atoms. The van der Waals surface area contributed by atoms with Gasteiger partial charge in [-0.25, -0.2) is 0 Å². The van der Waals surface area contributed by atoms with Crippen LogP contribution in [0.4, 0.5) is 0 Å². The van der Waals surface area contributed by atoms with Crippen LogP contribution in [-0.2, 0) is 35.9 Å². The van der Waals surface area contributed by atoms with Crippen LogP contribution in [0.15, 0.2) is 60.7 Å². The van der Waals surface area contributed by atoms with Crippen LogP contribution < -0.4 is 0 Å². The van der Waals surface area contributed by atoms with Crippen molar-refractivity contribution in [2.24, 2.45) is 0 Å². The highest BCUT2D eigenvalue weighted by Crippen LogP contribution is 2.50. The van der Waals surface area contributed by atoms with Crippen LogP contribution in [0.3, 0.4) is 0 Å². The van der Waals surface area contributed by atoms with Crippen LogP contribution in [0, 0.1) is 0 Å². The summed E-state index contributed by atoms with van der Waals surface area (Å²) in [6, 6.07) is 18.7. The van der Waals surface area contributed by atoms with Crippen LogP contribution in [0.2, 0.25) is 0 Å². The van der Waals surface area contributed by atoms with E-state index in [4.69, 9.17) is 13.6 Å². The molecule has 0 fully saturated rings. The number of rotatable bonds is 9. The fourth-order valence-corrected chi connectivity index (χ4v) is 3.47. The lowest BCUT2D eigenvalue weighted by Crippen LogP contribution is -2.01. The second-order valence-corrected chi connectivity index (χ2v) is 6.94. The standard InChI is InChI=1S/C15H17O5P2/c16-21-18-13-22(17,19-11-14-7-3-1-4-8-14)20-12-15-9-5-2-6-10-15/h1-10,21H,11-13H2/q+1. The summed E-state index contributed by atoms with van der Waals surface area (Å²) in [4.78, 5) is 0. The highest BCUT2D eigenvalue weighted by molar-refractivity contribution is 7.53. The van der Waals surface area contributed by atoms with Crippen molar-refractivity contribution in [1.29, 1.82) is 0 Å². The molecule has 5 nitrogen and oxygen atoms in total. The van der Waals surface area contributed by atoms with Gasteiger partial charge in [-0.15, -0.1) is 4.52 Å². The van der Waals surface area contributed by atoms with Gasteiger partial charge in [0.05, 0.1) is 13.2 Å². The van der Waals surface area contributed by atoms with Gasteiger partial charge < -0.3 is 9.05 Å². The van der Waals surface area contributed by atoms with Crippen LogP contribution in [0.1, 0.15) is 11.1 Å². The fraction of sp³-hybridized carbons (Fsp3) is 0.200. The van der Waals surface area contributed by atoms with Crippen molar-refractivity contribution >= 4 is 16.3 Å². The molecule has 0 bridgehead atoms. The summed E-state index contributed by atoms with van der Waals surface area (Å²) < 4.78 is 38.7. The van der Waals surface area contributed by atoms with E-state index >= 15 is 0 Å². The largest absolute Gasteiger partial charge is 0.494 e. The van der Waals surface area contributed by atoms with E-state index in [0.29, 0.717) is 0 Å². The lowest BCUT2D eigenvalue weighted by molar-refractivity contribution is 0.174. The Morgan fingerprint density at radius 3 is 1.68 bits per heavy atom. The van der Waals surface area contributed by atoms with E-state index in [2.05, 4.69) is 0 Å². The highest BCUT2D eigenvalue weighted by Gasteiger charge is 2.27. The first-order chi connectivity index (χ1) is 10.7. The molecule has 0 spiro atoms. The van der Waals surface area contributed by atoms with Crippen molar-refractivity contribution < 1.29 is 22.7 Å². The Morgan fingerprint density at radius 2 is 1.27 bits per heavy atom. The third kappa shape index (κ3) is 5.80. The smallest absolute Gasteiger partial charge is 0.302 e. The molecule has 0 saturated carbocycles. The molecule has 0 heterocycles. The van der Waals surface area contributed by atoms with Crippen molar-refractivity contribution in [3.8, 4) is 0 Å². The van der Waals surface area contributed by atoms with Gasteiger partial charge in [0.1, 0.15) is 0 Å². The maximum Gasteiger partial charge on any atom is 0.494 e. The first-order valence-corrected chi connectivity index (χ1v) is 9.21. The SMILES string of the molecule is O=[PH+]OCP(=O)(OCc1ccccc1)OCc1ccccc1. The quantitative estimate of drug-likeness (QED) is 0.628. The van der Waals surface area contributed by atoms with Gasteiger partial charge in [0.2, 0.25) is 6.35 Å². The Morgan fingerprint density at radius 1 is 0.818 bits per heavy atom. The van der Waals surface area contributed by atoms with Gasteiger partial charge in [-0.2, -0.15) is 0 Å². The van der Waals surface area contributed by atoms with Gasteiger partial charge in [-0.05, 0) is 15.7 Å². The van der Waals surface area contributed by atoms with E-state index in [-0.39, 0.29) is 19.6 Å². The third-order valence-electron chi connectivity index (χ3n) is 2.82. The lowest BCUT2D eigenvalue weighted by Gasteiger charge is -2.16. The van der Waals surface area contributed by atoms with Crippen molar-refractivity contribution in [3.63, 3.8) is 0 Å². The van der Waals surface area contributed by atoms with Crippen LogP contribution >= 0.6 is 16.3 Å². The Bertz CT molecular complexity index is 571. The van der Waals surface area contributed by atoms with Gasteiger partial charge in [-0.3, -0.25) is 4.57 Å². The molecule has 0 saturated heterocycles. The molecule has 0 radical (unpaired) electrons. The molecule has 2 aromatic rings. The first kappa shape index (κ1) is 17.0. The predicted molar refractivity (Wildman–Crippen MR) is 85.0 cm³/mol. The molecule has 116 valence electrons. The minimum atomic E-state index is -3.48. The van der Waals surface area contributed by atoms with E-state index < -0.39 is 16.3 Å². The van der Waals surface area contributed by atoms with Gasteiger partial charge in [-0.1, -0.05) is 60.7 Å². The van der Waals surface area contributed by atoms with E-state index in [0.717, 1.165) is 11.1 Å². The maximum absolute atomic E-state index is 12.6. The molecule has 0 aliphatic carbocycles. The van der Waals surface area contributed by atoms with Gasteiger partial charge in [0.25, 0.3) is 0 Å². The molecule has 1 unspecified atom stereocenters. The molecule has 0 N–H and O–H groups in total. The zero-order chi connectivity index (χ0) is 15.7. The molecule has 2 rings (SSSR count). The van der Waals surface area contributed by atoms with Crippen LogP contribution in [0.25, 0.3) is 0 Å². The molecule has 0 aliphatic rings. The third-order valence-corrected chi connectivity index (χ3v) is 4.82. The minimum Gasteiger partial charge on any atom is -0.302 e. The normalized spacial score (nSPS) is 11.6. The average Bonchev–Trinajstić information content (AvgIpc) is 2.59. The summed E-state index contributed by atoms with van der Waals surface area (Å²) >= 11 is 0. The monoisotopic (exact) mass is 339 g/mol. The summed E-state index contributed by atoms with van der Waals surface area (Å²) in [5.74, 6) is 0. The van der Waals surface area contributed by atoms with E-state index in [9.17, 15) is 9.13 Å². The summed E-state index contributed by atoms with van der Waals surface area (Å²) in [5, 5.41) is 0. The van der Waals surface area contributed by atoms with Crippen molar-refractivity contribution in [2.45, 2.75) is 13.2 Å². The second kappa shape index (κ2) is 8.94. The minimum absolute atomic E-state index is 0.137. The Kier molecular flexibility index (Phi) is 6.91. The van der Waals surface area contributed by atoms with Crippen molar-refractivity contribution in [2.75, 3.05) is 6.35 Å².